The van der Waals surface area contributed by atoms with Crippen LogP contribution in [0.2, 0.25) is 0 Å². The number of fused-ring (bicyclic) bond motifs is 1. The molecule has 2 aromatic rings. The fraction of sp³-hybridized carbons (Fsp3) is 0.412. The maximum atomic E-state index is 12.5. The van der Waals surface area contributed by atoms with Gasteiger partial charge in [-0.05, 0) is 36.6 Å². The second-order valence-corrected chi connectivity index (χ2v) is 6.80. The molecule has 0 bridgehead atoms. The number of aromatic nitrogens is 1. The molecule has 0 spiro atoms. The third-order valence-corrected chi connectivity index (χ3v) is 5.17. The van der Waals surface area contributed by atoms with E-state index in [4.69, 9.17) is 0 Å². The summed E-state index contributed by atoms with van der Waals surface area (Å²) >= 11 is 1.53. The Morgan fingerprint density at radius 2 is 1.82 bits per heavy atom. The summed E-state index contributed by atoms with van der Waals surface area (Å²) in [7, 11) is 0. The number of pyridine rings is 1. The van der Waals surface area contributed by atoms with Gasteiger partial charge in [0.25, 0.3) is 5.91 Å². The normalized spacial score (nSPS) is 15.8. The molecular weight excluding hydrogens is 294 g/mol. The topological polar surface area (TPSA) is 54.0 Å². The highest BCUT2D eigenvalue weighted by Crippen LogP contribution is 2.39. The number of carbonyl (C=O) groups is 1. The smallest absolute Gasteiger partial charge is 0.265 e. The average Bonchev–Trinajstić information content (AvgIpc) is 2.93. The number of hydrogen-bond acceptors (Lipinski definition) is 4. The maximum absolute atomic E-state index is 12.5. The van der Waals surface area contributed by atoms with E-state index in [-0.39, 0.29) is 11.6 Å². The van der Waals surface area contributed by atoms with Gasteiger partial charge in [-0.25, -0.2) is 0 Å². The first-order valence-electron chi connectivity index (χ1n) is 7.82. The molecule has 0 atom stereocenters. The van der Waals surface area contributed by atoms with Gasteiger partial charge in [0.15, 0.2) is 0 Å². The lowest BCUT2D eigenvalue weighted by atomic mass is 9.95. The molecule has 0 aromatic carbocycles. The minimum absolute atomic E-state index is 0.0426. The molecule has 0 saturated heterocycles. The summed E-state index contributed by atoms with van der Waals surface area (Å²) in [6.07, 6.45) is 7.49. The monoisotopic (exact) mass is 315 g/mol. The molecule has 0 fully saturated rings. The zero-order valence-electron chi connectivity index (χ0n) is 13.0. The van der Waals surface area contributed by atoms with Crippen molar-refractivity contribution in [1.82, 2.24) is 10.3 Å². The van der Waals surface area contributed by atoms with Crippen molar-refractivity contribution < 1.29 is 4.79 Å². The van der Waals surface area contributed by atoms with E-state index in [2.05, 4.69) is 35.5 Å². The van der Waals surface area contributed by atoms with Gasteiger partial charge in [0.2, 0.25) is 0 Å². The molecule has 3 rings (SSSR count). The van der Waals surface area contributed by atoms with Gasteiger partial charge in [0.05, 0.1) is 5.69 Å². The number of carbonyl (C=O) groups excluding carboxylic acids is 1. The molecule has 22 heavy (non-hydrogen) atoms. The lowest BCUT2D eigenvalue weighted by Crippen LogP contribution is -2.57. The number of rotatable bonds is 5. The van der Waals surface area contributed by atoms with Crippen LogP contribution in [0.1, 0.15) is 49.2 Å². The largest absolute Gasteiger partial charge is 0.361 e. The number of anilines is 1. The Kier molecular flexibility index (Phi) is 4.16. The van der Waals surface area contributed by atoms with Crippen LogP contribution in [0.25, 0.3) is 10.4 Å². The van der Waals surface area contributed by atoms with Gasteiger partial charge < -0.3 is 10.6 Å². The van der Waals surface area contributed by atoms with Gasteiger partial charge in [0.1, 0.15) is 10.5 Å². The van der Waals surface area contributed by atoms with E-state index in [1.54, 1.807) is 12.4 Å². The molecule has 0 unspecified atom stereocenters. The van der Waals surface area contributed by atoms with Crippen molar-refractivity contribution >= 4 is 22.9 Å². The van der Waals surface area contributed by atoms with Crippen molar-refractivity contribution in [3.63, 3.8) is 0 Å². The van der Waals surface area contributed by atoms with Crippen molar-refractivity contribution in [2.24, 2.45) is 0 Å². The Hall–Kier alpha value is -1.88. The van der Waals surface area contributed by atoms with Gasteiger partial charge in [-0.2, -0.15) is 0 Å². The van der Waals surface area contributed by atoms with Crippen molar-refractivity contribution in [3.8, 4) is 10.4 Å². The zero-order valence-corrected chi connectivity index (χ0v) is 13.8. The van der Waals surface area contributed by atoms with Crippen LogP contribution in [0.15, 0.2) is 30.6 Å². The van der Waals surface area contributed by atoms with Crippen LogP contribution in [0, 0.1) is 0 Å². The van der Waals surface area contributed by atoms with Crippen molar-refractivity contribution in [2.45, 2.75) is 45.2 Å². The average molecular weight is 315 g/mol. The first-order chi connectivity index (χ1) is 10.7. The van der Waals surface area contributed by atoms with Crippen LogP contribution in [0.4, 0.5) is 5.69 Å². The van der Waals surface area contributed by atoms with Crippen LogP contribution in [0.5, 0.6) is 0 Å². The summed E-state index contributed by atoms with van der Waals surface area (Å²) in [5, 5.41) is 6.80. The molecule has 2 aromatic heterocycles. The zero-order chi connectivity index (χ0) is 15.6. The Morgan fingerprint density at radius 3 is 2.45 bits per heavy atom. The standard InChI is InChI=1S/C17H21N3OS/c1-3-7-17(8-4-2)19-13-11-14(12-5-9-18-10-6-12)22-15(13)16(21)20-17/h5-6,9-11,19H,3-4,7-8H2,1-2H3,(H,20,21). The van der Waals surface area contributed by atoms with E-state index < -0.39 is 0 Å². The summed E-state index contributed by atoms with van der Waals surface area (Å²) < 4.78 is 0. The minimum Gasteiger partial charge on any atom is -0.361 e. The summed E-state index contributed by atoms with van der Waals surface area (Å²) in [5.74, 6) is 0.0426. The fourth-order valence-electron chi connectivity index (χ4n) is 3.10. The van der Waals surface area contributed by atoms with E-state index in [1.165, 1.54) is 11.3 Å². The molecule has 5 heteroatoms. The Balaban J connectivity index is 1.96. The van der Waals surface area contributed by atoms with E-state index in [0.29, 0.717) is 0 Å². The highest BCUT2D eigenvalue weighted by Gasteiger charge is 2.37. The summed E-state index contributed by atoms with van der Waals surface area (Å²) in [6.45, 7) is 4.30. The van der Waals surface area contributed by atoms with Crippen molar-refractivity contribution in [3.05, 3.63) is 35.5 Å². The first kappa shape index (κ1) is 15.0. The second kappa shape index (κ2) is 6.08. The summed E-state index contributed by atoms with van der Waals surface area (Å²) in [4.78, 5) is 18.5. The molecule has 116 valence electrons. The quantitative estimate of drug-likeness (QED) is 0.866. The lowest BCUT2D eigenvalue weighted by Gasteiger charge is -2.39. The minimum atomic E-state index is -0.301. The predicted molar refractivity (Wildman–Crippen MR) is 91.2 cm³/mol. The van der Waals surface area contributed by atoms with E-state index in [1.807, 2.05) is 12.1 Å². The number of nitrogens with one attached hydrogen (secondary N) is 2. The van der Waals surface area contributed by atoms with Gasteiger partial charge in [0, 0.05) is 17.3 Å². The lowest BCUT2D eigenvalue weighted by molar-refractivity contribution is 0.0894. The third kappa shape index (κ3) is 2.73. The molecule has 1 aliphatic heterocycles. The van der Waals surface area contributed by atoms with E-state index in [0.717, 1.165) is 46.7 Å². The molecule has 1 amide bonds. The van der Waals surface area contributed by atoms with Crippen molar-refractivity contribution in [2.75, 3.05) is 5.32 Å². The summed E-state index contributed by atoms with van der Waals surface area (Å²) in [5.41, 5.74) is 1.76. The molecule has 0 radical (unpaired) electrons. The SMILES string of the molecule is CCCC1(CCC)NC(=O)c2sc(-c3ccncc3)cc2N1. The van der Waals surface area contributed by atoms with Gasteiger partial charge in [-0.15, -0.1) is 11.3 Å². The Bertz CT molecular complexity index is 660. The van der Waals surface area contributed by atoms with Gasteiger partial charge in [-0.3, -0.25) is 9.78 Å². The molecule has 1 aliphatic rings. The third-order valence-electron chi connectivity index (χ3n) is 3.98. The van der Waals surface area contributed by atoms with Gasteiger partial charge >= 0.3 is 0 Å². The van der Waals surface area contributed by atoms with Crippen LogP contribution in [-0.4, -0.2) is 16.6 Å². The highest BCUT2D eigenvalue weighted by atomic mass is 32.1. The number of amides is 1. The Morgan fingerprint density at radius 1 is 1.14 bits per heavy atom. The molecule has 0 aliphatic carbocycles. The van der Waals surface area contributed by atoms with Crippen LogP contribution in [-0.2, 0) is 0 Å². The van der Waals surface area contributed by atoms with Gasteiger partial charge in [-0.1, -0.05) is 26.7 Å². The van der Waals surface area contributed by atoms with Crippen molar-refractivity contribution in [1.29, 1.82) is 0 Å². The summed E-state index contributed by atoms with van der Waals surface area (Å²) in [6, 6.07) is 6.04. The number of nitrogens with zero attached hydrogens (tertiary/aromatic N) is 1. The highest BCUT2D eigenvalue weighted by molar-refractivity contribution is 7.18. The molecule has 4 nitrogen and oxygen atoms in total. The predicted octanol–water partition coefficient (Wildman–Crippen LogP) is 4.26. The second-order valence-electron chi connectivity index (χ2n) is 5.75. The molecular formula is C17H21N3OS. The number of thiophene rings is 1. The molecule has 3 heterocycles. The van der Waals surface area contributed by atoms with Crippen LogP contribution < -0.4 is 10.6 Å². The molecule has 2 N–H and O–H groups in total. The number of hydrogen-bond donors (Lipinski definition) is 2. The first-order valence-corrected chi connectivity index (χ1v) is 8.64. The van der Waals surface area contributed by atoms with E-state index >= 15 is 0 Å². The molecule has 0 saturated carbocycles. The van der Waals surface area contributed by atoms with Crippen LogP contribution in [0.3, 0.4) is 0 Å². The van der Waals surface area contributed by atoms with E-state index in [9.17, 15) is 4.79 Å². The maximum Gasteiger partial charge on any atom is 0.265 e. The fourth-order valence-corrected chi connectivity index (χ4v) is 4.12. The Labute approximate surface area is 135 Å². The van der Waals surface area contributed by atoms with Crippen LogP contribution >= 0.6 is 11.3 Å².